The van der Waals surface area contributed by atoms with Crippen LogP contribution in [0.3, 0.4) is 0 Å². The van der Waals surface area contributed by atoms with E-state index in [9.17, 15) is 9.59 Å². The second kappa shape index (κ2) is 5.88. The highest BCUT2D eigenvalue weighted by atomic mass is 35.5. The van der Waals surface area contributed by atoms with Crippen LogP contribution < -0.4 is 15.9 Å². The Labute approximate surface area is 134 Å². The summed E-state index contributed by atoms with van der Waals surface area (Å²) in [5, 5.41) is 7.60. The van der Waals surface area contributed by atoms with E-state index < -0.39 is 11.1 Å². The Bertz CT molecular complexity index is 973. The van der Waals surface area contributed by atoms with Gasteiger partial charge in [-0.25, -0.2) is 4.63 Å². The summed E-state index contributed by atoms with van der Waals surface area (Å²) in [5.74, 6) is 0.553. The van der Waals surface area contributed by atoms with Crippen LogP contribution in [-0.2, 0) is 6.54 Å². The molecule has 0 spiro atoms. The first-order chi connectivity index (χ1) is 11.0. The van der Waals surface area contributed by atoms with Crippen molar-refractivity contribution in [3.8, 4) is 5.75 Å². The summed E-state index contributed by atoms with van der Waals surface area (Å²) in [6.45, 7) is 3.90. The fourth-order valence-electron chi connectivity index (χ4n) is 2.14. The smallest absolute Gasteiger partial charge is 0.318 e. The van der Waals surface area contributed by atoms with E-state index in [1.807, 2.05) is 13.8 Å². The topological polar surface area (TPSA) is 103 Å². The third-order valence-corrected chi connectivity index (χ3v) is 3.39. The summed E-state index contributed by atoms with van der Waals surface area (Å²) >= 11 is 6.18. The molecular formula is C14H13ClN4O4. The Balaban J connectivity index is 2.01. The van der Waals surface area contributed by atoms with Crippen molar-refractivity contribution in [3.63, 3.8) is 0 Å². The van der Waals surface area contributed by atoms with Crippen molar-refractivity contribution in [1.82, 2.24) is 19.9 Å². The molecule has 1 aromatic carbocycles. The predicted molar refractivity (Wildman–Crippen MR) is 83.0 cm³/mol. The van der Waals surface area contributed by atoms with Gasteiger partial charge in [-0.3, -0.25) is 19.1 Å². The molecule has 0 unspecified atom stereocenters. The van der Waals surface area contributed by atoms with Gasteiger partial charge in [0.25, 0.3) is 0 Å². The number of aromatic nitrogens is 4. The zero-order chi connectivity index (χ0) is 16.6. The van der Waals surface area contributed by atoms with Crippen molar-refractivity contribution in [3.05, 3.63) is 49.5 Å². The normalized spacial score (nSPS) is 11.3. The monoisotopic (exact) mass is 336 g/mol. The molecule has 1 N–H and O–H groups in total. The molecule has 0 aliphatic heterocycles. The highest BCUT2D eigenvalue weighted by molar-refractivity contribution is 6.32. The molecule has 0 atom stereocenters. The molecule has 0 aliphatic rings. The molecule has 3 aromatic rings. The van der Waals surface area contributed by atoms with Gasteiger partial charge in [0.1, 0.15) is 5.75 Å². The van der Waals surface area contributed by atoms with E-state index in [1.54, 1.807) is 18.2 Å². The molecule has 0 bridgehead atoms. The zero-order valence-corrected chi connectivity index (χ0v) is 13.1. The van der Waals surface area contributed by atoms with Crippen LogP contribution >= 0.6 is 11.6 Å². The number of halogens is 1. The summed E-state index contributed by atoms with van der Waals surface area (Å²) in [4.78, 5) is 26.0. The summed E-state index contributed by atoms with van der Waals surface area (Å²) in [7, 11) is 0. The predicted octanol–water partition coefficient (Wildman–Crippen LogP) is 1.56. The van der Waals surface area contributed by atoms with Crippen molar-refractivity contribution in [2.75, 3.05) is 0 Å². The Morgan fingerprint density at radius 2 is 2.13 bits per heavy atom. The van der Waals surface area contributed by atoms with Crippen LogP contribution in [0.2, 0.25) is 5.02 Å². The van der Waals surface area contributed by atoms with Crippen LogP contribution in [0.15, 0.2) is 32.4 Å². The van der Waals surface area contributed by atoms with Gasteiger partial charge in [0.15, 0.2) is 0 Å². The first-order valence-corrected chi connectivity index (χ1v) is 7.24. The molecule has 23 heavy (non-hydrogen) atoms. The van der Waals surface area contributed by atoms with Gasteiger partial charge in [0, 0.05) is 0 Å². The Hall–Kier alpha value is -2.61. The number of hydrogen-bond acceptors (Lipinski definition) is 6. The number of H-pyrrole nitrogens is 1. The minimum Gasteiger partial charge on any atom is -0.489 e. The third-order valence-electron chi connectivity index (χ3n) is 3.10. The average molecular weight is 337 g/mol. The van der Waals surface area contributed by atoms with Crippen molar-refractivity contribution in [1.29, 1.82) is 0 Å². The molecule has 0 saturated heterocycles. The molecule has 0 aliphatic carbocycles. The number of aromatic amines is 1. The van der Waals surface area contributed by atoms with E-state index in [2.05, 4.69) is 19.9 Å². The largest absolute Gasteiger partial charge is 0.489 e. The number of rotatable bonds is 4. The molecule has 8 nitrogen and oxygen atoms in total. The number of ether oxygens (including phenoxy) is 1. The molecule has 0 amide bonds. The van der Waals surface area contributed by atoms with Gasteiger partial charge in [-0.1, -0.05) is 17.7 Å². The van der Waals surface area contributed by atoms with Crippen LogP contribution in [-0.4, -0.2) is 26.0 Å². The van der Waals surface area contributed by atoms with Gasteiger partial charge in [0.05, 0.1) is 17.7 Å². The number of nitrogens with zero attached hydrogens (tertiary/aromatic N) is 3. The lowest BCUT2D eigenvalue weighted by Gasteiger charge is -2.12. The lowest BCUT2D eigenvalue weighted by Crippen LogP contribution is -2.36. The Morgan fingerprint density at radius 1 is 1.35 bits per heavy atom. The van der Waals surface area contributed by atoms with Crippen LogP contribution in [0.25, 0.3) is 11.3 Å². The Morgan fingerprint density at radius 3 is 2.83 bits per heavy atom. The van der Waals surface area contributed by atoms with E-state index in [1.165, 1.54) is 4.57 Å². The SMILES string of the molecule is CC(C)Oc1ccc(Cn2c(=O)c(=O)[nH]c3nonc32)cc1Cl. The maximum Gasteiger partial charge on any atom is 0.318 e. The molecule has 0 saturated carbocycles. The van der Waals surface area contributed by atoms with Crippen molar-refractivity contribution < 1.29 is 9.37 Å². The minimum atomic E-state index is -0.793. The summed E-state index contributed by atoms with van der Waals surface area (Å²) in [6.07, 6.45) is -0.00511. The van der Waals surface area contributed by atoms with Crippen LogP contribution in [0, 0.1) is 0 Å². The Kier molecular flexibility index (Phi) is 3.91. The molecular weight excluding hydrogens is 324 g/mol. The number of fused-ring (bicyclic) bond motifs is 1. The number of benzene rings is 1. The van der Waals surface area contributed by atoms with Crippen molar-refractivity contribution >= 4 is 22.9 Å². The van der Waals surface area contributed by atoms with Gasteiger partial charge in [-0.05, 0) is 41.9 Å². The lowest BCUT2D eigenvalue weighted by atomic mass is 10.2. The van der Waals surface area contributed by atoms with Gasteiger partial charge in [-0.15, -0.1) is 0 Å². The molecule has 9 heteroatoms. The van der Waals surface area contributed by atoms with Crippen molar-refractivity contribution in [2.45, 2.75) is 26.5 Å². The average Bonchev–Trinajstić information content (AvgIpc) is 2.94. The minimum absolute atomic E-state index is 0.00511. The first-order valence-electron chi connectivity index (χ1n) is 6.86. The summed E-state index contributed by atoms with van der Waals surface area (Å²) in [5.41, 5.74) is -0.553. The van der Waals surface area contributed by atoms with Gasteiger partial charge in [-0.2, -0.15) is 0 Å². The summed E-state index contributed by atoms with van der Waals surface area (Å²) < 4.78 is 11.3. The highest BCUT2D eigenvalue weighted by Crippen LogP contribution is 2.26. The fraction of sp³-hybridized carbons (Fsp3) is 0.286. The fourth-order valence-corrected chi connectivity index (χ4v) is 2.39. The molecule has 3 rings (SSSR count). The van der Waals surface area contributed by atoms with Crippen molar-refractivity contribution in [2.24, 2.45) is 0 Å². The van der Waals surface area contributed by atoms with E-state index in [0.29, 0.717) is 16.3 Å². The third kappa shape index (κ3) is 2.98. The first kappa shape index (κ1) is 15.3. The van der Waals surface area contributed by atoms with Crippen LogP contribution in [0.1, 0.15) is 19.4 Å². The number of hydrogen-bond donors (Lipinski definition) is 1. The van der Waals surface area contributed by atoms with E-state index in [0.717, 1.165) is 0 Å². The standard InChI is InChI=1S/C14H13ClN4O4/c1-7(2)22-10-4-3-8(5-9(10)15)6-19-12-11(17-23-18-12)16-13(20)14(19)21/h3-5,7H,6H2,1-2H3,(H,16,17,20). The summed E-state index contributed by atoms with van der Waals surface area (Å²) in [6, 6.07) is 5.15. The van der Waals surface area contributed by atoms with Gasteiger partial charge < -0.3 is 4.74 Å². The lowest BCUT2D eigenvalue weighted by molar-refractivity contribution is 0.242. The highest BCUT2D eigenvalue weighted by Gasteiger charge is 2.13. The maximum absolute atomic E-state index is 12.0. The molecule has 2 aromatic heterocycles. The van der Waals surface area contributed by atoms with Crippen LogP contribution in [0.4, 0.5) is 0 Å². The van der Waals surface area contributed by atoms with E-state index in [-0.39, 0.29) is 23.9 Å². The second-order valence-electron chi connectivity index (χ2n) is 5.21. The van der Waals surface area contributed by atoms with E-state index in [4.69, 9.17) is 16.3 Å². The van der Waals surface area contributed by atoms with E-state index >= 15 is 0 Å². The second-order valence-corrected chi connectivity index (χ2v) is 5.62. The van der Waals surface area contributed by atoms with Crippen LogP contribution in [0.5, 0.6) is 5.75 Å². The quantitative estimate of drug-likeness (QED) is 0.725. The molecule has 2 heterocycles. The van der Waals surface area contributed by atoms with Gasteiger partial charge >= 0.3 is 11.1 Å². The molecule has 0 fully saturated rings. The maximum atomic E-state index is 12.0. The zero-order valence-electron chi connectivity index (χ0n) is 12.4. The number of nitrogens with one attached hydrogen (secondary N) is 1. The molecule has 120 valence electrons. The molecule has 0 radical (unpaired) electrons. The van der Waals surface area contributed by atoms with Gasteiger partial charge in [0.2, 0.25) is 11.3 Å².